The van der Waals surface area contributed by atoms with Crippen LogP contribution < -0.4 is 0 Å². The van der Waals surface area contributed by atoms with Crippen LogP contribution in [0.1, 0.15) is 78.1 Å². The summed E-state index contributed by atoms with van der Waals surface area (Å²) in [4.78, 5) is 11.2. The van der Waals surface area contributed by atoms with Gasteiger partial charge in [-0.1, -0.05) is 71.3 Å². The van der Waals surface area contributed by atoms with Crippen molar-refractivity contribution < 1.29 is 47.4 Å². The number of carbonyl (C=O) groups is 1. The molecule has 0 rings (SSSR count). The Morgan fingerprint density at radius 1 is 0.405 bits per heavy atom. The number of hydrogen-bond acceptors (Lipinski definition) is 10. The Bertz CT molecular complexity index is 561. The lowest BCUT2D eigenvalue weighted by Crippen LogP contribution is -2.15. The fraction of sp³-hybridized carbons (Fsp3) is 0.906. The molecule has 0 N–H and O–H groups in total. The van der Waals surface area contributed by atoms with Crippen LogP contribution in [0.25, 0.3) is 0 Å². The molecule has 0 unspecified atom stereocenters. The van der Waals surface area contributed by atoms with Crippen LogP contribution in [-0.4, -0.2) is 118 Å². The van der Waals surface area contributed by atoms with Crippen molar-refractivity contribution >= 4 is 5.97 Å². The molecule has 0 aliphatic rings. The molecule has 10 nitrogen and oxygen atoms in total. The molecule has 0 heterocycles. The first-order chi connectivity index (χ1) is 20.7. The molecule has 0 aliphatic heterocycles. The predicted molar refractivity (Wildman–Crippen MR) is 164 cm³/mol. The van der Waals surface area contributed by atoms with Gasteiger partial charge >= 0.3 is 5.97 Å². The maximum Gasteiger partial charge on any atom is 0.333 e. The van der Waals surface area contributed by atoms with Crippen LogP contribution in [0.3, 0.4) is 0 Å². The molecule has 0 aromatic heterocycles. The largest absolute Gasteiger partial charge is 0.460 e. The van der Waals surface area contributed by atoms with Crippen LogP contribution in [0.15, 0.2) is 12.2 Å². The lowest BCUT2D eigenvalue weighted by molar-refractivity contribution is -0.140. The van der Waals surface area contributed by atoms with E-state index in [1.165, 1.54) is 57.8 Å². The van der Waals surface area contributed by atoms with Crippen LogP contribution in [0.4, 0.5) is 0 Å². The Morgan fingerprint density at radius 2 is 0.667 bits per heavy atom. The summed E-state index contributed by atoms with van der Waals surface area (Å²) in [6.45, 7) is 16.1. The average molecular weight is 607 g/mol. The molecule has 0 saturated heterocycles. The van der Waals surface area contributed by atoms with Crippen molar-refractivity contribution in [3.63, 3.8) is 0 Å². The summed E-state index contributed by atoms with van der Waals surface area (Å²) in [5, 5.41) is 0. The van der Waals surface area contributed by atoms with E-state index in [0.717, 1.165) is 13.0 Å². The van der Waals surface area contributed by atoms with Crippen molar-refractivity contribution in [1.29, 1.82) is 0 Å². The number of esters is 1. The van der Waals surface area contributed by atoms with E-state index in [9.17, 15) is 4.79 Å². The fourth-order valence-electron chi connectivity index (χ4n) is 3.65. The van der Waals surface area contributed by atoms with Crippen molar-refractivity contribution in [2.45, 2.75) is 78.1 Å². The Kier molecular flexibility index (Phi) is 35.1. The summed E-state index contributed by atoms with van der Waals surface area (Å²) in [7, 11) is 0. The van der Waals surface area contributed by atoms with Gasteiger partial charge in [-0.05, 0) is 13.3 Å². The first-order valence-corrected chi connectivity index (χ1v) is 16.1. The fourth-order valence-corrected chi connectivity index (χ4v) is 3.65. The third kappa shape index (κ3) is 35.1. The van der Waals surface area contributed by atoms with E-state index in [1.54, 1.807) is 6.92 Å². The molecule has 42 heavy (non-hydrogen) atoms. The zero-order chi connectivity index (χ0) is 30.6. The zero-order valence-electron chi connectivity index (χ0n) is 26.9. The number of rotatable bonds is 36. The van der Waals surface area contributed by atoms with Gasteiger partial charge in [0.05, 0.1) is 99.1 Å². The highest BCUT2D eigenvalue weighted by atomic mass is 16.6. The third-order valence-corrected chi connectivity index (χ3v) is 6.06. The van der Waals surface area contributed by atoms with Gasteiger partial charge in [-0.25, -0.2) is 4.79 Å². The molecular formula is C32H62O10. The molecule has 0 saturated carbocycles. The van der Waals surface area contributed by atoms with Crippen LogP contribution in [0.2, 0.25) is 0 Å². The Labute approximate surface area is 256 Å². The molecule has 0 aliphatic carbocycles. The minimum atomic E-state index is -0.406. The molecule has 0 spiro atoms. The number of hydrogen-bond donors (Lipinski definition) is 0. The monoisotopic (exact) mass is 606 g/mol. The summed E-state index contributed by atoms with van der Waals surface area (Å²) >= 11 is 0. The lowest BCUT2D eigenvalue weighted by atomic mass is 10.1. The van der Waals surface area contributed by atoms with Crippen molar-refractivity contribution in [3.8, 4) is 0 Å². The van der Waals surface area contributed by atoms with Crippen LogP contribution in [0, 0.1) is 0 Å². The first kappa shape index (κ1) is 40.9. The summed E-state index contributed by atoms with van der Waals surface area (Å²) < 4.78 is 48.7. The number of ether oxygens (including phenoxy) is 9. The highest BCUT2D eigenvalue weighted by Crippen LogP contribution is 2.10. The van der Waals surface area contributed by atoms with E-state index in [4.69, 9.17) is 42.6 Å². The van der Waals surface area contributed by atoms with Crippen LogP contribution >= 0.6 is 0 Å². The molecule has 0 bridgehead atoms. The van der Waals surface area contributed by atoms with Gasteiger partial charge in [-0.15, -0.1) is 0 Å². The molecular weight excluding hydrogens is 544 g/mol. The van der Waals surface area contributed by atoms with Crippen LogP contribution in [-0.2, 0) is 47.4 Å². The van der Waals surface area contributed by atoms with Crippen molar-refractivity contribution in [1.82, 2.24) is 0 Å². The quantitative estimate of drug-likeness (QED) is 0.0540. The van der Waals surface area contributed by atoms with Gasteiger partial charge in [0, 0.05) is 12.2 Å². The summed E-state index contributed by atoms with van der Waals surface area (Å²) in [5.74, 6) is -0.406. The van der Waals surface area contributed by atoms with Gasteiger partial charge in [0.2, 0.25) is 0 Å². The second kappa shape index (κ2) is 36.1. The highest BCUT2D eigenvalue weighted by molar-refractivity contribution is 5.86. The highest BCUT2D eigenvalue weighted by Gasteiger charge is 2.02. The second-order valence-electron chi connectivity index (χ2n) is 10.00. The van der Waals surface area contributed by atoms with E-state index >= 15 is 0 Å². The van der Waals surface area contributed by atoms with Gasteiger partial charge in [0.15, 0.2) is 0 Å². The minimum Gasteiger partial charge on any atom is -0.460 e. The van der Waals surface area contributed by atoms with Gasteiger partial charge in [-0.3, -0.25) is 0 Å². The van der Waals surface area contributed by atoms with Crippen molar-refractivity contribution in [2.24, 2.45) is 0 Å². The molecule has 0 radical (unpaired) electrons. The van der Waals surface area contributed by atoms with E-state index in [0.29, 0.717) is 105 Å². The second-order valence-corrected chi connectivity index (χ2v) is 10.00. The number of carbonyl (C=O) groups excluding carboxylic acids is 1. The average Bonchev–Trinajstić information content (AvgIpc) is 2.99. The Balaban J connectivity index is 3.06. The van der Waals surface area contributed by atoms with E-state index in [2.05, 4.69) is 13.5 Å². The summed E-state index contributed by atoms with van der Waals surface area (Å²) in [6.07, 6.45) is 13.4. The molecule has 0 fully saturated rings. The molecule has 0 aromatic carbocycles. The van der Waals surface area contributed by atoms with E-state index in [1.807, 2.05) is 0 Å². The van der Waals surface area contributed by atoms with Gasteiger partial charge in [-0.2, -0.15) is 0 Å². The zero-order valence-corrected chi connectivity index (χ0v) is 26.9. The van der Waals surface area contributed by atoms with Crippen molar-refractivity contribution in [2.75, 3.05) is 112 Å². The Morgan fingerprint density at radius 3 is 0.976 bits per heavy atom. The van der Waals surface area contributed by atoms with Gasteiger partial charge < -0.3 is 42.6 Å². The summed E-state index contributed by atoms with van der Waals surface area (Å²) in [6, 6.07) is 0. The lowest BCUT2D eigenvalue weighted by Gasteiger charge is -2.09. The smallest absolute Gasteiger partial charge is 0.333 e. The molecule has 10 heteroatoms. The van der Waals surface area contributed by atoms with Crippen molar-refractivity contribution in [3.05, 3.63) is 12.2 Å². The first-order valence-electron chi connectivity index (χ1n) is 16.1. The third-order valence-electron chi connectivity index (χ3n) is 6.06. The van der Waals surface area contributed by atoms with Gasteiger partial charge in [0.1, 0.15) is 6.61 Å². The maximum absolute atomic E-state index is 11.2. The molecule has 250 valence electrons. The minimum absolute atomic E-state index is 0.208. The van der Waals surface area contributed by atoms with Gasteiger partial charge in [0.25, 0.3) is 0 Å². The SMILES string of the molecule is C=C(C)C(=O)OCCOCCOCCOCCOCCOCCOCCOCCOCCCCCCCCCCCC. The van der Waals surface area contributed by atoms with E-state index < -0.39 is 5.97 Å². The normalized spacial score (nSPS) is 11.3. The Hall–Kier alpha value is -1.11. The molecule has 0 atom stereocenters. The van der Waals surface area contributed by atoms with E-state index in [-0.39, 0.29) is 6.61 Å². The standard InChI is InChI=1S/C32H62O10/c1-4-5-6-7-8-9-10-11-12-13-14-34-15-16-35-17-18-36-19-20-37-21-22-38-23-24-39-25-26-40-27-28-41-29-30-42-32(33)31(2)3/h2,4-30H2,1,3H3. The number of unbranched alkanes of at least 4 members (excludes halogenated alkanes) is 9. The topological polar surface area (TPSA) is 100 Å². The maximum atomic E-state index is 11.2. The molecule has 0 aromatic rings. The predicted octanol–water partition coefficient (Wildman–Crippen LogP) is 5.16. The molecule has 0 amide bonds. The van der Waals surface area contributed by atoms with Crippen LogP contribution in [0.5, 0.6) is 0 Å². The summed E-state index contributed by atoms with van der Waals surface area (Å²) in [5.41, 5.74) is 0.377.